The van der Waals surface area contributed by atoms with Gasteiger partial charge in [-0.15, -0.1) is 11.8 Å². The molecule has 17 heavy (non-hydrogen) atoms. The summed E-state index contributed by atoms with van der Waals surface area (Å²) in [5.74, 6) is -0.305. The van der Waals surface area contributed by atoms with Crippen LogP contribution in [0.5, 0.6) is 5.75 Å². The van der Waals surface area contributed by atoms with E-state index in [-0.39, 0.29) is 11.4 Å². The summed E-state index contributed by atoms with van der Waals surface area (Å²) in [4.78, 5) is 10.9. The number of benzene rings is 1. The third kappa shape index (κ3) is 4.11. The minimum Gasteiger partial charge on any atom is -0.502 e. The summed E-state index contributed by atoms with van der Waals surface area (Å²) < 4.78 is 0. The molecule has 0 saturated heterocycles. The van der Waals surface area contributed by atoms with Crippen molar-refractivity contribution in [3.05, 3.63) is 40.0 Å². The highest BCUT2D eigenvalue weighted by atomic mass is 32.2. The summed E-state index contributed by atoms with van der Waals surface area (Å²) >= 11 is 1.51. The fourth-order valence-electron chi connectivity index (χ4n) is 1.23. The molecule has 0 bridgehead atoms. The Morgan fingerprint density at radius 1 is 1.47 bits per heavy atom. The predicted octanol–water partition coefficient (Wildman–Crippen LogP) is 4.05. The van der Waals surface area contributed by atoms with Crippen LogP contribution in [0.3, 0.4) is 0 Å². The molecule has 0 aliphatic heterocycles. The number of phenolic OH excluding ortho intramolecular Hbond substituents is 1. The highest BCUT2D eigenvalue weighted by Crippen LogP contribution is 2.32. The van der Waals surface area contributed by atoms with E-state index < -0.39 is 4.92 Å². The second-order valence-electron chi connectivity index (χ2n) is 2.82. The largest absolute Gasteiger partial charge is 0.502 e. The molecule has 0 aliphatic carbocycles. The Hall–Kier alpha value is -1.49. The molecule has 1 aromatic rings. The zero-order valence-corrected chi connectivity index (χ0v) is 11.2. The van der Waals surface area contributed by atoms with E-state index in [1.807, 2.05) is 33.1 Å². The van der Waals surface area contributed by atoms with Crippen LogP contribution in [0.1, 0.15) is 26.3 Å². The number of thioether (sulfide) groups is 1. The van der Waals surface area contributed by atoms with Gasteiger partial charge in [0.1, 0.15) is 0 Å². The zero-order chi connectivity index (χ0) is 13.4. The highest BCUT2D eigenvalue weighted by Gasteiger charge is 2.14. The van der Waals surface area contributed by atoms with Gasteiger partial charge in [0.25, 0.3) is 0 Å². The lowest BCUT2D eigenvalue weighted by Gasteiger charge is -2.04. The van der Waals surface area contributed by atoms with Crippen LogP contribution in [-0.2, 0) is 0 Å². The van der Waals surface area contributed by atoms with E-state index >= 15 is 0 Å². The van der Waals surface area contributed by atoms with Crippen molar-refractivity contribution in [1.29, 1.82) is 0 Å². The molecule has 5 heteroatoms. The van der Waals surface area contributed by atoms with E-state index in [0.29, 0.717) is 0 Å². The number of nitro benzene ring substituents is 1. The minimum atomic E-state index is -0.591. The number of hydrogen-bond acceptors (Lipinski definition) is 4. The van der Waals surface area contributed by atoms with Gasteiger partial charge in [0.05, 0.1) is 4.92 Å². The Labute approximate surface area is 106 Å². The van der Waals surface area contributed by atoms with Crippen molar-refractivity contribution in [3.63, 3.8) is 0 Å². The molecule has 94 valence electrons. The van der Waals surface area contributed by atoms with Gasteiger partial charge in [-0.3, -0.25) is 10.1 Å². The fourth-order valence-corrected chi connectivity index (χ4v) is 1.82. The smallest absolute Gasteiger partial charge is 0.311 e. The summed E-state index contributed by atoms with van der Waals surface area (Å²) in [6, 6.07) is 4.38. The van der Waals surface area contributed by atoms with Crippen LogP contribution in [0.2, 0.25) is 0 Å². The topological polar surface area (TPSA) is 63.4 Å². The number of hydrogen-bond donors (Lipinski definition) is 1. The first-order valence-electron chi connectivity index (χ1n) is 5.28. The number of rotatable bonds is 3. The van der Waals surface area contributed by atoms with Crippen LogP contribution in [0.15, 0.2) is 24.3 Å². The molecule has 0 atom stereocenters. The molecule has 1 N–H and O–H groups in total. The van der Waals surface area contributed by atoms with Gasteiger partial charge in [-0.05, 0) is 30.9 Å². The molecule has 0 heterocycles. The normalized spacial score (nSPS) is 10.5. The summed E-state index contributed by atoms with van der Waals surface area (Å²) in [6.07, 6.45) is 3.77. The molecule has 0 spiro atoms. The lowest BCUT2D eigenvalue weighted by molar-refractivity contribution is -0.385. The first-order chi connectivity index (χ1) is 8.10. The van der Waals surface area contributed by atoms with E-state index in [1.165, 1.54) is 23.9 Å². The van der Waals surface area contributed by atoms with Crippen LogP contribution in [0.4, 0.5) is 5.69 Å². The van der Waals surface area contributed by atoms with E-state index in [0.717, 1.165) is 10.5 Å². The molecule has 0 aromatic heterocycles. The Bertz CT molecular complexity index is 416. The summed E-state index contributed by atoms with van der Waals surface area (Å²) in [5.41, 5.74) is 0.482. The maximum atomic E-state index is 10.6. The van der Waals surface area contributed by atoms with Gasteiger partial charge >= 0.3 is 5.69 Å². The monoisotopic (exact) mass is 255 g/mol. The number of aromatic hydroxyl groups is 1. The van der Waals surface area contributed by atoms with Crippen molar-refractivity contribution in [2.45, 2.75) is 20.8 Å². The number of allylic oxidation sites excluding steroid dienone is 1. The molecule has 0 fully saturated rings. The van der Waals surface area contributed by atoms with Crippen molar-refractivity contribution >= 4 is 22.4 Å². The van der Waals surface area contributed by atoms with Gasteiger partial charge < -0.3 is 5.11 Å². The minimum absolute atomic E-state index is 0.263. The molecular formula is C12H17NO3S. The fraction of sp³-hybridized carbons (Fsp3) is 0.333. The van der Waals surface area contributed by atoms with Gasteiger partial charge in [-0.25, -0.2) is 0 Å². The number of nitrogens with zero attached hydrogens (tertiary/aromatic N) is 1. The van der Waals surface area contributed by atoms with Gasteiger partial charge in [0.2, 0.25) is 0 Å². The van der Waals surface area contributed by atoms with Crippen molar-refractivity contribution in [2.75, 3.05) is 6.26 Å². The molecule has 0 unspecified atom stereocenters. The van der Waals surface area contributed by atoms with Crippen LogP contribution >= 0.6 is 11.8 Å². The molecule has 0 amide bonds. The number of phenols is 1. The van der Waals surface area contributed by atoms with Crippen molar-refractivity contribution < 1.29 is 10.0 Å². The van der Waals surface area contributed by atoms with Crippen LogP contribution in [-0.4, -0.2) is 16.3 Å². The molecule has 1 aromatic carbocycles. The average molecular weight is 255 g/mol. The Kier molecular flexibility index (Phi) is 7.05. The third-order valence-corrected chi connectivity index (χ3v) is 2.85. The van der Waals surface area contributed by atoms with Crippen LogP contribution in [0, 0.1) is 10.1 Å². The van der Waals surface area contributed by atoms with Gasteiger partial charge in [0.15, 0.2) is 5.75 Å². The summed E-state index contributed by atoms with van der Waals surface area (Å²) in [5, 5.41) is 19.9. The zero-order valence-electron chi connectivity index (χ0n) is 10.4. The summed E-state index contributed by atoms with van der Waals surface area (Å²) in [7, 11) is 0. The lowest BCUT2D eigenvalue weighted by Crippen LogP contribution is -1.90. The van der Waals surface area contributed by atoms with Gasteiger partial charge in [-0.2, -0.15) is 0 Å². The van der Waals surface area contributed by atoms with E-state index in [9.17, 15) is 15.2 Å². The molecule has 0 saturated carbocycles. The predicted molar refractivity (Wildman–Crippen MR) is 73.3 cm³/mol. The van der Waals surface area contributed by atoms with Crippen molar-refractivity contribution in [3.8, 4) is 5.75 Å². The number of nitro groups is 1. The van der Waals surface area contributed by atoms with Gasteiger partial charge in [0, 0.05) is 11.0 Å². The van der Waals surface area contributed by atoms with Crippen LogP contribution in [0.25, 0.3) is 4.91 Å². The summed E-state index contributed by atoms with van der Waals surface area (Å²) in [6.45, 7) is 5.87. The van der Waals surface area contributed by atoms with E-state index in [2.05, 4.69) is 0 Å². The second kappa shape index (κ2) is 7.73. The maximum absolute atomic E-state index is 10.6. The first kappa shape index (κ1) is 15.5. The van der Waals surface area contributed by atoms with Crippen LogP contribution < -0.4 is 0 Å². The van der Waals surface area contributed by atoms with Crippen molar-refractivity contribution in [2.24, 2.45) is 0 Å². The molecule has 0 aliphatic rings. The lowest BCUT2D eigenvalue weighted by atomic mass is 10.1. The van der Waals surface area contributed by atoms with E-state index in [4.69, 9.17) is 0 Å². The first-order valence-corrected chi connectivity index (χ1v) is 6.50. The SMILES string of the molecule is C/C=C(\SC)c1ccc(O)c([N+](=O)[O-])c1.CC. The Morgan fingerprint density at radius 3 is 2.47 bits per heavy atom. The van der Waals surface area contributed by atoms with Gasteiger partial charge in [-0.1, -0.05) is 19.9 Å². The molecule has 1 rings (SSSR count). The highest BCUT2D eigenvalue weighted by molar-refractivity contribution is 8.07. The van der Waals surface area contributed by atoms with E-state index in [1.54, 1.807) is 6.07 Å². The maximum Gasteiger partial charge on any atom is 0.311 e. The molecule has 4 nitrogen and oxygen atoms in total. The second-order valence-corrected chi connectivity index (χ2v) is 3.67. The average Bonchev–Trinajstić information content (AvgIpc) is 2.35. The molecule has 0 radical (unpaired) electrons. The quantitative estimate of drug-likeness (QED) is 0.653. The Morgan fingerprint density at radius 2 is 2.06 bits per heavy atom. The Balaban J connectivity index is 0.00000121. The molecular weight excluding hydrogens is 238 g/mol. The third-order valence-electron chi connectivity index (χ3n) is 1.94. The standard InChI is InChI=1S/C10H11NO3S.C2H6/c1-3-10(15-2)7-4-5-9(12)8(6-7)11(13)14;1-2/h3-6,12H,1-2H3;1-2H3/b10-3-;. The van der Waals surface area contributed by atoms with Crippen molar-refractivity contribution in [1.82, 2.24) is 0 Å².